The fraction of sp³-hybridized carbons (Fsp3) is 0.333. The Morgan fingerprint density at radius 2 is 2.17 bits per heavy atom. The average molecular weight is 121 g/mol. The van der Waals surface area contributed by atoms with Crippen LogP contribution in [-0.2, 0) is 18.4 Å². The maximum absolute atomic E-state index is 5.28. The number of rotatable bonds is 2. The molecule has 0 aromatic carbocycles. The average Bonchev–Trinajstić information content (AvgIpc) is 1.35. The molecule has 0 fully saturated rings. The summed E-state index contributed by atoms with van der Waals surface area (Å²) in [5.74, 6) is 0. The molecule has 3 heteroatoms. The van der Waals surface area contributed by atoms with Crippen molar-refractivity contribution in [2.75, 3.05) is 0 Å². The van der Waals surface area contributed by atoms with E-state index in [9.17, 15) is 0 Å². The van der Waals surface area contributed by atoms with Crippen molar-refractivity contribution < 1.29 is 18.4 Å². The van der Waals surface area contributed by atoms with Crippen LogP contribution in [0, 0.1) is 0 Å². The molecule has 0 spiro atoms. The van der Waals surface area contributed by atoms with Gasteiger partial charge in [0.2, 0.25) is 0 Å². The second-order valence-corrected chi connectivity index (χ2v) is 3.50. The zero-order valence-corrected chi connectivity index (χ0v) is 5.21. The van der Waals surface area contributed by atoms with Crippen molar-refractivity contribution in [1.29, 1.82) is 0 Å². The SMILES string of the molecule is C=C[CH2][Ti]([NH2])[NH2]. The molecule has 0 radical (unpaired) electrons. The molecule has 0 aliphatic heterocycles. The van der Waals surface area contributed by atoms with Gasteiger partial charge in [-0.3, -0.25) is 0 Å². The van der Waals surface area contributed by atoms with E-state index in [-0.39, 0.29) is 0 Å². The van der Waals surface area contributed by atoms with Gasteiger partial charge < -0.3 is 0 Å². The Labute approximate surface area is 44.7 Å². The van der Waals surface area contributed by atoms with E-state index >= 15 is 0 Å². The van der Waals surface area contributed by atoms with Crippen LogP contribution < -0.4 is 8.43 Å². The predicted octanol–water partition coefficient (Wildman–Crippen LogP) is -0.0437. The van der Waals surface area contributed by atoms with E-state index in [1.54, 1.807) is 6.08 Å². The van der Waals surface area contributed by atoms with Gasteiger partial charge >= 0.3 is 44.2 Å². The van der Waals surface area contributed by atoms with Gasteiger partial charge in [-0.05, 0) is 0 Å². The molecule has 35 valence electrons. The van der Waals surface area contributed by atoms with Gasteiger partial charge in [0.25, 0.3) is 0 Å². The van der Waals surface area contributed by atoms with Gasteiger partial charge in [0.15, 0.2) is 0 Å². The van der Waals surface area contributed by atoms with E-state index in [2.05, 4.69) is 6.58 Å². The molecule has 0 atom stereocenters. The Kier molecular flexibility index (Phi) is 3.78. The van der Waals surface area contributed by atoms with Crippen molar-refractivity contribution in [2.24, 2.45) is 8.43 Å². The third-order valence-corrected chi connectivity index (χ3v) is 1.57. The molecule has 0 bridgehead atoms. The molecule has 0 aromatic rings. The quantitative estimate of drug-likeness (QED) is 0.397. The van der Waals surface area contributed by atoms with Crippen LogP contribution in [0.4, 0.5) is 0 Å². The summed E-state index contributed by atoms with van der Waals surface area (Å²) >= 11 is -1.50. The summed E-state index contributed by atoms with van der Waals surface area (Å²) < 4.78 is 11.4. The molecule has 0 aromatic heterocycles. The number of nitrogens with two attached hydrogens (primary N) is 2. The minimum absolute atomic E-state index is 0.861. The number of hydrogen-bond donors (Lipinski definition) is 2. The topological polar surface area (TPSA) is 52.0 Å². The Morgan fingerprint density at radius 3 is 2.17 bits per heavy atom. The predicted molar refractivity (Wildman–Crippen MR) is 23.4 cm³/mol. The zero-order chi connectivity index (χ0) is 4.99. The standard InChI is InChI=1S/C3H5.2H2N.Ti/c1-3-2;;;/h3H,1-2H2;2*1H2;/q;2*-1;+2. The van der Waals surface area contributed by atoms with Crippen molar-refractivity contribution >= 4 is 0 Å². The van der Waals surface area contributed by atoms with Crippen LogP contribution in [-0.4, -0.2) is 0 Å². The molecule has 0 aliphatic rings. The maximum atomic E-state index is 5.28. The Hall–Kier alpha value is 0.374. The second kappa shape index (κ2) is 3.56. The molecule has 0 saturated carbocycles. The van der Waals surface area contributed by atoms with Crippen LogP contribution in [0.3, 0.4) is 0 Å². The first kappa shape index (κ1) is 6.37. The molecule has 0 aliphatic carbocycles. The Bertz CT molecular complexity index is 44.1. The van der Waals surface area contributed by atoms with Gasteiger partial charge in [-0.2, -0.15) is 0 Å². The molecular formula is C3H9N2Ti. The summed E-state index contributed by atoms with van der Waals surface area (Å²) in [7, 11) is 0. The third-order valence-electron chi connectivity index (χ3n) is 0.380. The molecule has 0 saturated heterocycles. The first-order valence-corrected chi connectivity index (χ1v) is 4.65. The first-order valence-electron chi connectivity index (χ1n) is 1.75. The summed E-state index contributed by atoms with van der Waals surface area (Å²) in [4.78, 5) is 0. The summed E-state index contributed by atoms with van der Waals surface area (Å²) in [6.45, 7) is 3.48. The van der Waals surface area contributed by atoms with Crippen LogP contribution in [0.5, 0.6) is 0 Å². The molecule has 4 N–H and O–H groups in total. The van der Waals surface area contributed by atoms with Crippen molar-refractivity contribution in [2.45, 2.75) is 4.73 Å². The van der Waals surface area contributed by atoms with Gasteiger partial charge in [-0.15, -0.1) is 0 Å². The van der Waals surface area contributed by atoms with Gasteiger partial charge in [-0.25, -0.2) is 0 Å². The summed E-state index contributed by atoms with van der Waals surface area (Å²) in [6, 6.07) is 0. The van der Waals surface area contributed by atoms with E-state index in [4.69, 9.17) is 8.43 Å². The van der Waals surface area contributed by atoms with Gasteiger partial charge in [0.05, 0.1) is 0 Å². The van der Waals surface area contributed by atoms with Crippen molar-refractivity contribution in [1.82, 2.24) is 0 Å². The van der Waals surface area contributed by atoms with E-state index in [0.29, 0.717) is 0 Å². The van der Waals surface area contributed by atoms with Crippen molar-refractivity contribution in [3.8, 4) is 0 Å². The second-order valence-electron chi connectivity index (χ2n) is 1.07. The zero-order valence-electron chi connectivity index (χ0n) is 3.65. The molecule has 0 unspecified atom stereocenters. The monoisotopic (exact) mass is 121 g/mol. The Morgan fingerprint density at radius 1 is 1.67 bits per heavy atom. The fourth-order valence-electron chi connectivity index (χ4n) is 0.167. The molecule has 2 nitrogen and oxygen atoms in total. The van der Waals surface area contributed by atoms with Crippen LogP contribution in [0.1, 0.15) is 0 Å². The van der Waals surface area contributed by atoms with Gasteiger partial charge in [0.1, 0.15) is 0 Å². The van der Waals surface area contributed by atoms with Crippen LogP contribution in [0.15, 0.2) is 12.7 Å². The normalized spacial score (nSPS) is 7.67. The van der Waals surface area contributed by atoms with Crippen molar-refractivity contribution in [3.05, 3.63) is 12.7 Å². The molecule has 0 amide bonds. The summed E-state index contributed by atoms with van der Waals surface area (Å²) in [5, 5.41) is 0. The molecular weight excluding hydrogens is 112 g/mol. The first-order chi connectivity index (χ1) is 2.77. The molecule has 0 rings (SSSR count). The van der Waals surface area contributed by atoms with E-state index < -0.39 is 18.4 Å². The van der Waals surface area contributed by atoms with Crippen LogP contribution >= 0.6 is 0 Å². The van der Waals surface area contributed by atoms with Crippen LogP contribution in [0.25, 0.3) is 0 Å². The third kappa shape index (κ3) is 4.37. The van der Waals surface area contributed by atoms with Gasteiger partial charge in [-0.1, -0.05) is 0 Å². The number of hydrogen-bond acceptors (Lipinski definition) is 2. The van der Waals surface area contributed by atoms with Crippen molar-refractivity contribution in [3.63, 3.8) is 0 Å². The van der Waals surface area contributed by atoms with E-state index in [1.807, 2.05) is 0 Å². The van der Waals surface area contributed by atoms with E-state index in [1.165, 1.54) is 0 Å². The Balaban J connectivity index is 2.81. The van der Waals surface area contributed by atoms with Gasteiger partial charge in [0, 0.05) is 0 Å². The van der Waals surface area contributed by atoms with E-state index in [0.717, 1.165) is 4.73 Å². The van der Waals surface area contributed by atoms with Crippen LogP contribution in [0.2, 0.25) is 4.73 Å². The molecule has 6 heavy (non-hydrogen) atoms. The minimum atomic E-state index is -1.50. The summed E-state index contributed by atoms with van der Waals surface area (Å²) in [6.07, 6.45) is 1.77. The number of allylic oxidation sites excluding steroid dienone is 1. The summed E-state index contributed by atoms with van der Waals surface area (Å²) in [5.41, 5.74) is 0. The molecule has 0 heterocycles. The fourth-order valence-corrected chi connectivity index (χ4v) is 0.687.